The number of thioether (sulfide) groups is 1. The van der Waals surface area contributed by atoms with Crippen molar-refractivity contribution in [2.45, 2.75) is 50.6 Å². The fraction of sp³-hybridized carbons (Fsp3) is 0.385. The molecule has 5 rings (SSSR count). The van der Waals surface area contributed by atoms with Crippen LogP contribution in [-0.4, -0.2) is 46.0 Å². The van der Waals surface area contributed by atoms with Gasteiger partial charge in [-0.25, -0.2) is 9.78 Å². The van der Waals surface area contributed by atoms with E-state index in [0.717, 1.165) is 28.6 Å². The molecule has 0 bridgehead atoms. The first-order valence-corrected chi connectivity index (χ1v) is 15.2. The number of carbonyl (C=O) groups excluding carboxylic acids is 2. The van der Waals surface area contributed by atoms with E-state index in [0.29, 0.717) is 62.5 Å². The number of fused-ring (bicyclic) bond motifs is 2. The molecule has 11 heteroatoms. The van der Waals surface area contributed by atoms with Crippen LogP contribution in [0.5, 0.6) is 0 Å². The highest BCUT2D eigenvalue weighted by atomic mass is 35.5. The Bertz CT molecular complexity index is 1560. The van der Waals surface area contributed by atoms with Crippen molar-refractivity contribution in [2.75, 3.05) is 19.7 Å². The van der Waals surface area contributed by atoms with E-state index in [2.05, 4.69) is 5.38 Å². The number of hydrogen-bond acceptors (Lipinski definition) is 8. The van der Waals surface area contributed by atoms with Gasteiger partial charge in [-0.05, 0) is 66.8 Å². The molecule has 1 aliphatic heterocycles. The normalized spacial score (nSPS) is 13.8. The highest BCUT2D eigenvalue weighted by molar-refractivity contribution is 7.98. The number of carbonyl (C=O) groups is 2. The highest BCUT2D eigenvalue weighted by Crippen LogP contribution is 2.34. The van der Waals surface area contributed by atoms with Crippen LogP contribution in [0, 0.1) is 6.92 Å². The zero-order valence-corrected chi connectivity index (χ0v) is 23.7. The Balaban J connectivity index is 1.49. The summed E-state index contributed by atoms with van der Waals surface area (Å²) in [6.45, 7) is 5.61. The molecular formula is C26H26ClN3O4S3. The fourth-order valence-electron chi connectivity index (χ4n) is 4.56. The molecule has 0 spiro atoms. The van der Waals surface area contributed by atoms with Crippen LogP contribution in [0.2, 0.25) is 5.02 Å². The summed E-state index contributed by atoms with van der Waals surface area (Å²) in [4.78, 5) is 46.0. The van der Waals surface area contributed by atoms with Crippen molar-refractivity contribution in [3.8, 4) is 0 Å². The zero-order chi connectivity index (χ0) is 26.1. The van der Waals surface area contributed by atoms with Gasteiger partial charge in [0.25, 0.3) is 5.56 Å². The van der Waals surface area contributed by atoms with E-state index in [4.69, 9.17) is 21.3 Å². The summed E-state index contributed by atoms with van der Waals surface area (Å²) in [7, 11) is 0. The maximum absolute atomic E-state index is 13.7. The molecule has 1 amide bonds. The minimum Gasteiger partial charge on any atom is -0.462 e. The number of rotatable bonds is 9. The van der Waals surface area contributed by atoms with E-state index in [1.165, 1.54) is 23.1 Å². The molecule has 0 aliphatic carbocycles. The van der Waals surface area contributed by atoms with Crippen molar-refractivity contribution in [3.63, 3.8) is 0 Å². The number of halogens is 1. The van der Waals surface area contributed by atoms with Crippen molar-refractivity contribution in [3.05, 3.63) is 55.0 Å². The lowest BCUT2D eigenvalue weighted by molar-refractivity contribution is -0.127. The first kappa shape index (κ1) is 26.2. The highest BCUT2D eigenvalue weighted by Gasteiger charge is 2.24. The van der Waals surface area contributed by atoms with Gasteiger partial charge in [0.1, 0.15) is 9.71 Å². The smallest absolute Gasteiger partial charge is 0.348 e. The van der Waals surface area contributed by atoms with Gasteiger partial charge in [0.2, 0.25) is 5.91 Å². The lowest BCUT2D eigenvalue weighted by atomic mass is 10.2. The number of aryl methyl sites for hydroxylation is 1. The largest absolute Gasteiger partial charge is 0.462 e. The van der Waals surface area contributed by atoms with Crippen LogP contribution in [0.1, 0.15) is 47.0 Å². The maximum Gasteiger partial charge on any atom is 0.348 e. The molecule has 37 heavy (non-hydrogen) atoms. The van der Waals surface area contributed by atoms with Gasteiger partial charge in [-0.1, -0.05) is 23.4 Å². The third-order valence-corrected chi connectivity index (χ3v) is 9.87. The Morgan fingerprint density at radius 2 is 2.11 bits per heavy atom. The van der Waals surface area contributed by atoms with Crippen LogP contribution in [-0.2, 0) is 21.8 Å². The molecular weight excluding hydrogens is 550 g/mol. The lowest BCUT2D eigenvalue weighted by Gasteiger charge is -2.17. The maximum atomic E-state index is 13.7. The van der Waals surface area contributed by atoms with Crippen LogP contribution in [0.25, 0.3) is 20.3 Å². The van der Waals surface area contributed by atoms with Gasteiger partial charge in [0.05, 0.1) is 12.0 Å². The predicted octanol–water partition coefficient (Wildman–Crippen LogP) is 6.12. The van der Waals surface area contributed by atoms with Crippen molar-refractivity contribution in [1.82, 2.24) is 14.5 Å². The molecule has 0 saturated carbocycles. The molecule has 0 atom stereocenters. The van der Waals surface area contributed by atoms with Gasteiger partial charge in [-0.15, -0.1) is 22.7 Å². The molecule has 194 valence electrons. The summed E-state index contributed by atoms with van der Waals surface area (Å²) in [5, 5.41) is 4.96. The minimum absolute atomic E-state index is 0.164. The SMILES string of the molecule is CCOC(=O)c1sc2nc(SCc3csc4ccc(Cl)cc34)n(CCCN3CCCC3=O)c(=O)c2c1C. The second kappa shape index (κ2) is 11.1. The third kappa shape index (κ3) is 5.30. The van der Waals surface area contributed by atoms with Crippen LogP contribution >= 0.6 is 46.0 Å². The van der Waals surface area contributed by atoms with Crippen molar-refractivity contribution < 1.29 is 14.3 Å². The molecule has 1 saturated heterocycles. The average Bonchev–Trinajstić information content (AvgIpc) is 3.56. The number of thiophene rings is 2. The minimum atomic E-state index is -0.433. The Hall–Kier alpha value is -2.40. The molecule has 4 heterocycles. The quantitative estimate of drug-likeness (QED) is 0.136. The Morgan fingerprint density at radius 1 is 1.27 bits per heavy atom. The van der Waals surface area contributed by atoms with Gasteiger partial charge >= 0.3 is 5.97 Å². The molecule has 4 aromatic rings. The number of hydrogen-bond donors (Lipinski definition) is 0. The second-order valence-corrected chi connectivity index (χ2v) is 12.1. The number of aromatic nitrogens is 2. The van der Waals surface area contributed by atoms with E-state index < -0.39 is 5.97 Å². The number of likely N-dealkylation sites (tertiary alicyclic amines) is 1. The summed E-state index contributed by atoms with van der Waals surface area (Å²) in [5.41, 5.74) is 1.57. The van der Waals surface area contributed by atoms with Crippen LogP contribution in [0.15, 0.2) is 33.5 Å². The number of ether oxygens (including phenoxy) is 1. The van der Waals surface area contributed by atoms with E-state index >= 15 is 0 Å². The lowest BCUT2D eigenvalue weighted by Crippen LogP contribution is -2.29. The van der Waals surface area contributed by atoms with E-state index in [1.54, 1.807) is 29.8 Å². The topological polar surface area (TPSA) is 81.5 Å². The summed E-state index contributed by atoms with van der Waals surface area (Å²) >= 11 is 10.6. The van der Waals surface area contributed by atoms with Crippen molar-refractivity contribution in [1.29, 1.82) is 0 Å². The van der Waals surface area contributed by atoms with Gasteiger partial charge in [0.15, 0.2) is 5.16 Å². The molecule has 7 nitrogen and oxygen atoms in total. The summed E-state index contributed by atoms with van der Waals surface area (Å²) in [6.07, 6.45) is 2.13. The molecule has 3 aromatic heterocycles. The Kier molecular flexibility index (Phi) is 7.90. The van der Waals surface area contributed by atoms with E-state index in [9.17, 15) is 14.4 Å². The summed E-state index contributed by atoms with van der Waals surface area (Å²) < 4.78 is 8.05. The van der Waals surface area contributed by atoms with E-state index in [-0.39, 0.29) is 18.1 Å². The average molecular weight is 576 g/mol. The Morgan fingerprint density at radius 3 is 2.86 bits per heavy atom. The molecule has 1 fully saturated rings. The number of benzene rings is 1. The Labute approximate surface area is 231 Å². The number of nitrogens with zero attached hydrogens (tertiary/aromatic N) is 3. The number of amides is 1. The van der Waals surface area contributed by atoms with Crippen LogP contribution in [0.4, 0.5) is 0 Å². The van der Waals surface area contributed by atoms with Crippen LogP contribution < -0.4 is 5.56 Å². The molecule has 1 aromatic carbocycles. The monoisotopic (exact) mass is 575 g/mol. The van der Waals surface area contributed by atoms with E-state index in [1.807, 2.05) is 23.1 Å². The first-order valence-electron chi connectivity index (χ1n) is 12.1. The summed E-state index contributed by atoms with van der Waals surface area (Å²) in [5.74, 6) is 0.362. The molecule has 0 radical (unpaired) electrons. The fourth-order valence-corrected chi connectivity index (χ4v) is 7.92. The van der Waals surface area contributed by atoms with Gasteiger partial charge in [-0.2, -0.15) is 0 Å². The first-order chi connectivity index (χ1) is 17.9. The standard InChI is InChI=1S/C26H26ClN3O4S3/c1-3-34-25(33)22-15(2)21-23(37-22)28-26(30(24(21)32)11-5-10-29-9-4-6-20(29)31)36-14-16-13-35-19-8-7-17(27)12-18(16)19/h7-8,12-13H,3-6,9-11,14H2,1-2H3. The van der Waals surface area contributed by atoms with Crippen molar-refractivity contribution >= 4 is 78.2 Å². The van der Waals surface area contributed by atoms with Crippen molar-refractivity contribution in [2.24, 2.45) is 0 Å². The van der Waals surface area contributed by atoms with Gasteiger partial charge < -0.3 is 9.64 Å². The third-order valence-electron chi connectivity index (χ3n) is 6.43. The second-order valence-electron chi connectivity index (χ2n) is 8.84. The molecule has 1 aliphatic rings. The molecule has 0 N–H and O–H groups in total. The zero-order valence-electron chi connectivity index (χ0n) is 20.5. The summed E-state index contributed by atoms with van der Waals surface area (Å²) in [6, 6.07) is 5.87. The van der Waals surface area contributed by atoms with Gasteiger partial charge in [0, 0.05) is 41.5 Å². The van der Waals surface area contributed by atoms with Crippen LogP contribution in [0.3, 0.4) is 0 Å². The van der Waals surface area contributed by atoms with Gasteiger partial charge in [-0.3, -0.25) is 14.2 Å². The molecule has 0 unspecified atom stereocenters. The predicted molar refractivity (Wildman–Crippen MR) is 151 cm³/mol. The number of esters is 1.